The zero-order chi connectivity index (χ0) is 27.5. The van der Waals surface area contributed by atoms with Gasteiger partial charge in [-0.05, 0) is 62.4 Å². The molecule has 5 rings (SSSR count). The Kier molecular flexibility index (Phi) is 7.33. The number of fused-ring (bicyclic) bond motifs is 3. The van der Waals surface area contributed by atoms with E-state index >= 15 is 0 Å². The predicted octanol–water partition coefficient (Wildman–Crippen LogP) is 7.09. The summed E-state index contributed by atoms with van der Waals surface area (Å²) in [6, 6.07) is 26.9. The van der Waals surface area contributed by atoms with Crippen molar-refractivity contribution in [2.75, 3.05) is 10.6 Å². The number of aryl methyl sites for hydroxylation is 1. The third-order valence-corrected chi connectivity index (χ3v) is 7.54. The van der Waals surface area contributed by atoms with Gasteiger partial charge in [0.05, 0.1) is 10.2 Å². The number of benzene rings is 4. The molecule has 9 heteroatoms. The van der Waals surface area contributed by atoms with E-state index in [2.05, 4.69) is 34.3 Å². The third-order valence-electron chi connectivity index (χ3n) is 6.45. The van der Waals surface area contributed by atoms with Crippen LogP contribution >= 0.6 is 11.8 Å². The topological polar surface area (TPSA) is 106 Å². The molecular weight excluding hydrogens is 512 g/mol. The number of anilines is 2. The van der Waals surface area contributed by atoms with E-state index in [-0.39, 0.29) is 17.2 Å². The van der Waals surface area contributed by atoms with E-state index in [1.165, 1.54) is 41.5 Å². The van der Waals surface area contributed by atoms with Crippen LogP contribution in [0.2, 0.25) is 0 Å². The second-order valence-electron chi connectivity index (χ2n) is 9.03. The lowest BCUT2D eigenvalue weighted by Gasteiger charge is -2.13. The van der Waals surface area contributed by atoms with Crippen LogP contribution in [0.15, 0.2) is 95.9 Å². The number of carbonyl (C=O) groups is 2. The standard InChI is InChI=1S/C30H26N4O4S/c1-3-33-27-13-5-4-12-25(27)26-18-22(14-15-28(26)33)31-29(35)19(2)39-24-11-7-9-21(17-24)32-30(36)20-8-6-10-23(16-20)34(37)38/h4-19H,3H2,1-2H3,(H,31,35)(H,32,36). The molecule has 0 bridgehead atoms. The number of amides is 2. The Bertz CT molecular complexity index is 1730. The molecule has 0 saturated carbocycles. The highest BCUT2D eigenvalue weighted by molar-refractivity contribution is 8.00. The smallest absolute Gasteiger partial charge is 0.270 e. The summed E-state index contributed by atoms with van der Waals surface area (Å²) in [5.41, 5.74) is 3.60. The number of carbonyl (C=O) groups excluding carboxylic acids is 2. The van der Waals surface area contributed by atoms with Gasteiger partial charge in [-0.3, -0.25) is 19.7 Å². The van der Waals surface area contributed by atoms with Gasteiger partial charge in [0, 0.05) is 62.3 Å². The molecule has 5 aromatic rings. The number of aromatic nitrogens is 1. The Morgan fingerprint density at radius 2 is 1.62 bits per heavy atom. The molecule has 2 amide bonds. The van der Waals surface area contributed by atoms with E-state index in [1.54, 1.807) is 18.2 Å². The monoisotopic (exact) mass is 538 g/mol. The Labute approximate surface area is 229 Å². The molecule has 2 N–H and O–H groups in total. The minimum atomic E-state index is -0.540. The largest absolute Gasteiger partial charge is 0.341 e. The lowest BCUT2D eigenvalue weighted by atomic mass is 10.1. The molecule has 0 radical (unpaired) electrons. The molecule has 4 aromatic carbocycles. The number of hydrogen-bond acceptors (Lipinski definition) is 5. The van der Waals surface area contributed by atoms with Gasteiger partial charge in [0.15, 0.2) is 0 Å². The summed E-state index contributed by atoms with van der Waals surface area (Å²) < 4.78 is 2.26. The first kappa shape index (κ1) is 26.0. The summed E-state index contributed by atoms with van der Waals surface area (Å²) in [5, 5.41) is 18.7. The van der Waals surface area contributed by atoms with Crippen molar-refractivity contribution in [3.8, 4) is 0 Å². The summed E-state index contributed by atoms with van der Waals surface area (Å²) in [5.74, 6) is -0.587. The molecule has 1 heterocycles. The zero-order valence-electron chi connectivity index (χ0n) is 21.4. The number of non-ortho nitro benzene ring substituents is 1. The predicted molar refractivity (Wildman–Crippen MR) is 157 cm³/mol. The number of rotatable bonds is 8. The van der Waals surface area contributed by atoms with Gasteiger partial charge in [0.2, 0.25) is 5.91 Å². The highest BCUT2D eigenvalue weighted by atomic mass is 32.2. The van der Waals surface area contributed by atoms with Crippen LogP contribution in [0.5, 0.6) is 0 Å². The highest BCUT2D eigenvalue weighted by Crippen LogP contribution is 2.32. The van der Waals surface area contributed by atoms with Gasteiger partial charge in [-0.25, -0.2) is 0 Å². The van der Waals surface area contributed by atoms with E-state index in [4.69, 9.17) is 0 Å². The summed E-state index contributed by atoms with van der Waals surface area (Å²) in [6.45, 7) is 4.80. The van der Waals surface area contributed by atoms with Crippen molar-refractivity contribution in [3.05, 3.63) is 107 Å². The Morgan fingerprint density at radius 1 is 0.872 bits per heavy atom. The van der Waals surface area contributed by atoms with Crippen molar-refractivity contribution < 1.29 is 14.5 Å². The first-order chi connectivity index (χ1) is 18.8. The molecule has 0 aliphatic carbocycles. The maximum atomic E-state index is 13.1. The van der Waals surface area contributed by atoms with Gasteiger partial charge in [-0.1, -0.05) is 30.3 Å². The maximum Gasteiger partial charge on any atom is 0.270 e. The molecule has 1 aromatic heterocycles. The molecule has 1 atom stereocenters. The number of hydrogen-bond donors (Lipinski definition) is 2. The van der Waals surface area contributed by atoms with Crippen LogP contribution in [0.25, 0.3) is 21.8 Å². The van der Waals surface area contributed by atoms with Crippen LogP contribution in [0, 0.1) is 10.1 Å². The molecule has 0 aliphatic rings. The number of thioether (sulfide) groups is 1. The fourth-order valence-electron chi connectivity index (χ4n) is 4.58. The van der Waals surface area contributed by atoms with Gasteiger partial charge >= 0.3 is 0 Å². The van der Waals surface area contributed by atoms with Gasteiger partial charge in [-0.15, -0.1) is 11.8 Å². The quantitative estimate of drug-likeness (QED) is 0.125. The summed E-state index contributed by atoms with van der Waals surface area (Å²) in [7, 11) is 0. The normalized spacial score (nSPS) is 11.8. The molecule has 0 fully saturated rings. The molecule has 0 spiro atoms. The molecule has 8 nitrogen and oxygen atoms in total. The van der Waals surface area contributed by atoms with Gasteiger partial charge < -0.3 is 15.2 Å². The zero-order valence-corrected chi connectivity index (χ0v) is 22.2. The summed E-state index contributed by atoms with van der Waals surface area (Å²) in [6.07, 6.45) is 0. The van der Waals surface area contributed by atoms with Crippen LogP contribution in [0.4, 0.5) is 17.1 Å². The van der Waals surface area contributed by atoms with E-state index in [0.717, 1.165) is 33.4 Å². The first-order valence-corrected chi connectivity index (χ1v) is 13.4. The molecule has 0 saturated heterocycles. The second kappa shape index (κ2) is 11.0. The molecule has 196 valence electrons. The fraction of sp³-hybridized carbons (Fsp3) is 0.133. The average molecular weight is 539 g/mol. The van der Waals surface area contributed by atoms with Crippen molar-refractivity contribution in [2.45, 2.75) is 30.5 Å². The van der Waals surface area contributed by atoms with Crippen LogP contribution in [0.1, 0.15) is 24.2 Å². The minimum absolute atomic E-state index is 0.135. The molecule has 39 heavy (non-hydrogen) atoms. The Morgan fingerprint density at radius 3 is 2.41 bits per heavy atom. The van der Waals surface area contributed by atoms with Gasteiger partial charge in [0.25, 0.3) is 11.6 Å². The molecule has 0 aliphatic heterocycles. The fourth-order valence-corrected chi connectivity index (χ4v) is 5.51. The van der Waals surface area contributed by atoms with Crippen molar-refractivity contribution in [1.29, 1.82) is 0 Å². The third kappa shape index (κ3) is 5.49. The van der Waals surface area contributed by atoms with Crippen molar-refractivity contribution in [1.82, 2.24) is 4.57 Å². The van der Waals surface area contributed by atoms with E-state index in [9.17, 15) is 19.7 Å². The van der Waals surface area contributed by atoms with Crippen molar-refractivity contribution in [3.63, 3.8) is 0 Å². The second-order valence-corrected chi connectivity index (χ2v) is 10.4. The SMILES string of the molecule is CCn1c2ccccc2c2cc(NC(=O)C(C)Sc3cccc(NC(=O)c4cccc([N+](=O)[O-])c4)c3)ccc21. The van der Waals surface area contributed by atoms with Crippen molar-refractivity contribution >= 4 is 62.4 Å². The van der Waals surface area contributed by atoms with Crippen LogP contribution in [-0.2, 0) is 11.3 Å². The van der Waals surface area contributed by atoms with Gasteiger partial charge in [0.1, 0.15) is 0 Å². The van der Waals surface area contributed by atoms with Gasteiger partial charge in [-0.2, -0.15) is 0 Å². The lowest BCUT2D eigenvalue weighted by molar-refractivity contribution is -0.384. The summed E-state index contributed by atoms with van der Waals surface area (Å²) in [4.78, 5) is 36.9. The highest BCUT2D eigenvalue weighted by Gasteiger charge is 2.17. The maximum absolute atomic E-state index is 13.1. The lowest BCUT2D eigenvalue weighted by Crippen LogP contribution is -2.22. The van der Waals surface area contributed by atoms with Crippen LogP contribution in [-0.4, -0.2) is 26.6 Å². The van der Waals surface area contributed by atoms with Crippen LogP contribution in [0.3, 0.4) is 0 Å². The van der Waals surface area contributed by atoms with Crippen molar-refractivity contribution in [2.24, 2.45) is 0 Å². The Balaban J connectivity index is 1.27. The number of nitrogens with zero attached hydrogens (tertiary/aromatic N) is 2. The number of nitro benzene ring substituents is 1. The summed E-state index contributed by atoms with van der Waals surface area (Å²) >= 11 is 1.37. The number of nitro groups is 1. The average Bonchev–Trinajstić information content (AvgIpc) is 3.26. The van der Waals surface area contributed by atoms with E-state index in [0.29, 0.717) is 5.69 Å². The Hall–Kier alpha value is -4.63. The van der Waals surface area contributed by atoms with E-state index in [1.807, 2.05) is 43.3 Å². The minimum Gasteiger partial charge on any atom is -0.341 e. The van der Waals surface area contributed by atoms with Crippen LogP contribution < -0.4 is 10.6 Å². The molecular formula is C30H26N4O4S. The number of nitrogens with one attached hydrogen (secondary N) is 2. The number of para-hydroxylation sites is 1. The first-order valence-electron chi connectivity index (χ1n) is 12.5. The van der Waals surface area contributed by atoms with E-state index < -0.39 is 16.1 Å². The molecule has 1 unspecified atom stereocenters.